The van der Waals surface area contributed by atoms with E-state index in [1.165, 1.54) is 0 Å². The van der Waals surface area contributed by atoms with Crippen LogP contribution in [0.4, 0.5) is 26.3 Å². The van der Waals surface area contributed by atoms with Crippen LogP contribution in [0.3, 0.4) is 0 Å². The molecule has 8 heteroatoms. The van der Waals surface area contributed by atoms with Gasteiger partial charge in [0.25, 0.3) is 0 Å². The van der Waals surface area contributed by atoms with Gasteiger partial charge in [0.2, 0.25) is 0 Å². The molecule has 0 unspecified atom stereocenters. The Morgan fingerprint density at radius 2 is 0.818 bits per heavy atom. The lowest BCUT2D eigenvalue weighted by molar-refractivity contribution is -0.313. The van der Waals surface area contributed by atoms with Crippen molar-refractivity contribution < 1.29 is 36.1 Å². The van der Waals surface area contributed by atoms with Crippen LogP contribution in [0.2, 0.25) is 0 Å². The molecule has 0 aromatic heterocycles. The minimum Gasteiger partial charge on any atom is -0.231 e. The van der Waals surface area contributed by atoms with Crippen molar-refractivity contribution in [3.63, 3.8) is 0 Å². The van der Waals surface area contributed by atoms with Crippen LogP contribution in [0, 0.1) is 34.9 Å². The first-order valence-corrected chi connectivity index (χ1v) is 5.89. The zero-order valence-electron chi connectivity index (χ0n) is 10.8. The zero-order valence-corrected chi connectivity index (χ0v) is 10.8. The molecule has 0 aliphatic carbocycles. The quantitative estimate of drug-likeness (QED) is 0.270. The summed E-state index contributed by atoms with van der Waals surface area (Å²) in [5.41, 5.74) is -0.658. The van der Waals surface area contributed by atoms with Crippen molar-refractivity contribution in [3.8, 4) is 0 Å². The van der Waals surface area contributed by atoms with Crippen LogP contribution < -0.4 is 0 Å². The highest BCUT2D eigenvalue weighted by Gasteiger charge is 2.12. The molecule has 0 spiro atoms. The maximum atomic E-state index is 13.2. The summed E-state index contributed by atoms with van der Waals surface area (Å²) < 4.78 is 77.7. The van der Waals surface area contributed by atoms with Gasteiger partial charge in [0.05, 0.1) is 0 Å². The maximum Gasteiger partial charge on any atom is 0.161 e. The van der Waals surface area contributed by atoms with Crippen molar-refractivity contribution in [2.24, 2.45) is 0 Å². The van der Waals surface area contributed by atoms with E-state index in [9.17, 15) is 26.3 Å². The van der Waals surface area contributed by atoms with Gasteiger partial charge in [-0.1, -0.05) is 0 Å². The van der Waals surface area contributed by atoms with E-state index in [2.05, 4.69) is 9.78 Å². The lowest BCUT2D eigenvalue weighted by Gasteiger charge is -2.07. The lowest BCUT2D eigenvalue weighted by atomic mass is 10.2. The molecule has 0 saturated heterocycles. The second kappa shape index (κ2) is 6.80. The minimum absolute atomic E-state index is 0.329. The first-order chi connectivity index (χ1) is 10.4. The van der Waals surface area contributed by atoms with E-state index in [0.717, 1.165) is 0 Å². The van der Waals surface area contributed by atoms with Crippen LogP contribution in [-0.4, -0.2) is 0 Å². The number of hydrogen-bond acceptors (Lipinski definition) is 2. The van der Waals surface area contributed by atoms with Crippen LogP contribution in [0.5, 0.6) is 0 Å². The third kappa shape index (κ3) is 3.77. The Balaban J connectivity index is 1.93. The fourth-order valence-electron chi connectivity index (χ4n) is 1.56. The Kier molecular flexibility index (Phi) is 5.04. The third-order valence-corrected chi connectivity index (χ3v) is 2.69. The number of hydrogen-bond donors (Lipinski definition) is 0. The van der Waals surface area contributed by atoms with E-state index in [1.54, 1.807) is 0 Å². The summed E-state index contributed by atoms with van der Waals surface area (Å²) in [6, 6.07) is 1.82. The molecule has 2 aromatic rings. The van der Waals surface area contributed by atoms with E-state index in [0.29, 0.717) is 24.3 Å². The van der Waals surface area contributed by atoms with Gasteiger partial charge in [0.1, 0.15) is 24.8 Å². The van der Waals surface area contributed by atoms with Gasteiger partial charge in [-0.2, -0.15) is 0 Å². The summed E-state index contributed by atoms with van der Waals surface area (Å²) in [5, 5.41) is 0. The molecule has 2 rings (SSSR count). The van der Waals surface area contributed by atoms with Crippen LogP contribution in [0.25, 0.3) is 0 Å². The minimum atomic E-state index is -1.36. The van der Waals surface area contributed by atoms with Crippen LogP contribution in [0.15, 0.2) is 24.3 Å². The van der Waals surface area contributed by atoms with Crippen LogP contribution in [-0.2, 0) is 23.0 Å². The van der Waals surface area contributed by atoms with E-state index in [1.807, 2.05) is 0 Å². The molecule has 0 bridgehead atoms. The van der Waals surface area contributed by atoms with Crippen molar-refractivity contribution in [3.05, 3.63) is 70.3 Å². The highest BCUT2D eigenvalue weighted by molar-refractivity contribution is 5.20. The first kappa shape index (κ1) is 16.3. The third-order valence-electron chi connectivity index (χ3n) is 2.69. The molecule has 0 saturated carbocycles. The summed E-state index contributed by atoms with van der Waals surface area (Å²) in [6.07, 6.45) is 0. The molecule has 0 aliphatic rings. The second-order valence-electron chi connectivity index (χ2n) is 4.24. The number of halogens is 6. The predicted octanol–water partition coefficient (Wildman–Crippen LogP) is 4.17. The van der Waals surface area contributed by atoms with Crippen molar-refractivity contribution >= 4 is 0 Å². The molecule has 0 heterocycles. The van der Waals surface area contributed by atoms with Crippen LogP contribution in [0.1, 0.15) is 11.1 Å². The van der Waals surface area contributed by atoms with Gasteiger partial charge in [-0.05, 0) is 12.1 Å². The summed E-state index contributed by atoms with van der Waals surface area (Å²) in [6.45, 7) is -1.18. The van der Waals surface area contributed by atoms with E-state index >= 15 is 0 Å². The molecule has 0 amide bonds. The van der Waals surface area contributed by atoms with Gasteiger partial charge in [0.15, 0.2) is 23.3 Å². The molecule has 2 aromatic carbocycles. The zero-order chi connectivity index (χ0) is 16.3. The average Bonchev–Trinajstić information content (AvgIpc) is 2.45. The summed E-state index contributed by atoms with van der Waals surface area (Å²) in [4.78, 5) is 9.02. The van der Waals surface area contributed by atoms with Gasteiger partial charge < -0.3 is 0 Å². The smallest absolute Gasteiger partial charge is 0.161 e. The molecule has 118 valence electrons. The molecule has 0 radical (unpaired) electrons. The first-order valence-electron chi connectivity index (χ1n) is 5.89. The summed E-state index contributed by atoms with van der Waals surface area (Å²) in [7, 11) is 0. The SMILES string of the molecule is Fc1cc(F)c(COOCc2cc(F)c(F)cc2F)cc1F. The van der Waals surface area contributed by atoms with Crippen molar-refractivity contribution in [2.75, 3.05) is 0 Å². The highest BCUT2D eigenvalue weighted by atomic mass is 19.2. The van der Waals surface area contributed by atoms with Crippen molar-refractivity contribution in [2.45, 2.75) is 13.2 Å². The van der Waals surface area contributed by atoms with E-state index in [-0.39, 0.29) is 11.1 Å². The Morgan fingerprint density at radius 3 is 1.18 bits per heavy atom. The van der Waals surface area contributed by atoms with Crippen molar-refractivity contribution in [1.82, 2.24) is 0 Å². The fraction of sp³-hybridized carbons (Fsp3) is 0.143. The number of rotatable bonds is 5. The summed E-state index contributed by atoms with van der Waals surface area (Å²) in [5.74, 6) is -7.36. The Morgan fingerprint density at radius 1 is 0.500 bits per heavy atom. The average molecular weight is 322 g/mol. The fourth-order valence-corrected chi connectivity index (χ4v) is 1.56. The van der Waals surface area contributed by atoms with E-state index in [4.69, 9.17) is 0 Å². The largest absolute Gasteiger partial charge is 0.231 e. The van der Waals surface area contributed by atoms with Gasteiger partial charge >= 0.3 is 0 Å². The topological polar surface area (TPSA) is 18.5 Å². The summed E-state index contributed by atoms with van der Waals surface area (Å²) >= 11 is 0. The van der Waals surface area contributed by atoms with Gasteiger partial charge in [-0.25, -0.2) is 36.1 Å². The standard InChI is InChI=1S/C14H8F6O2/c15-9-3-13(19)11(17)1-7(9)5-21-22-6-8-2-12(18)14(20)4-10(8)16/h1-4H,5-6H2. The van der Waals surface area contributed by atoms with E-state index < -0.39 is 48.1 Å². The van der Waals surface area contributed by atoms with Crippen LogP contribution >= 0.6 is 0 Å². The molecule has 2 nitrogen and oxygen atoms in total. The molecule has 0 atom stereocenters. The van der Waals surface area contributed by atoms with Gasteiger partial charge in [0, 0.05) is 23.3 Å². The van der Waals surface area contributed by atoms with Gasteiger partial charge in [-0.15, -0.1) is 0 Å². The molecule has 0 fully saturated rings. The monoisotopic (exact) mass is 322 g/mol. The molecular formula is C14H8F6O2. The normalized spacial score (nSPS) is 11.0. The maximum absolute atomic E-state index is 13.2. The molecule has 0 N–H and O–H groups in total. The highest BCUT2D eigenvalue weighted by Crippen LogP contribution is 2.17. The van der Waals surface area contributed by atoms with Gasteiger partial charge in [-0.3, -0.25) is 0 Å². The lowest BCUT2D eigenvalue weighted by Crippen LogP contribution is -2.02. The second-order valence-corrected chi connectivity index (χ2v) is 4.24. The van der Waals surface area contributed by atoms with Crippen molar-refractivity contribution in [1.29, 1.82) is 0 Å². The number of benzene rings is 2. The molecular weight excluding hydrogens is 314 g/mol. The predicted molar refractivity (Wildman–Crippen MR) is 62.2 cm³/mol. The Labute approximate surface area is 120 Å². The Hall–Kier alpha value is -2.06. The Bertz CT molecular complexity index is 630. The molecule has 0 aliphatic heterocycles. The molecule has 22 heavy (non-hydrogen) atoms.